The van der Waals surface area contributed by atoms with Gasteiger partial charge in [-0.2, -0.15) is 0 Å². The molecular weight excluding hydrogens is 316 g/mol. The average molecular weight is 328 g/mol. The molecule has 5 heteroatoms. The molecule has 0 atom stereocenters. The number of benzene rings is 2. The van der Waals surface area contributed by atoms with Gasteiger partial charge in [0.25, 0.3) is 0 Å². The lowest BCUT2D eigenvalue weighted by atomic mass is 10.1. The molecule has 2 aromatic carbocycles. The Bertz CT molecular complexity index is 590. The molecule has 19 heavy (non-hydrogen) atoms. The van der Waals surface area contributed by atoms with Gasteiger partial charge in [-0.3, -0.25) is 0 Å². The predicted molar refractivity (Wildman–Crippen MR) is 73.3 cm³/mol. The van der Waals surface area contributed by atoms with Crippen LogP contribution in [0.4, 0.5) is 8.78 Å². The molecule has 2 N–H and O–H groups in total. The van der Waals surface area contributed by atoms with Crippen LogP contribution >= 0.6 is 15.9 Å². The van der Waals surface area contributed by atoms with Gasteiger partial charge in [0.2, 0.25) is 0 Å². The molecule has 0 heterocycles. The summed E-state index contributed by atoms with van der Waals surface area (Å²) in [6, 6.07) is 8.65. The minimum Gasteiger partial charge on any atom is -0.454 e. The van der Waals surface area contributed by atoms with E-state index in [1.54, 1.807) is 6.07 Å². The van der Waals surface area contributed by atoms with Crippen molar-refractivity contribution < 1.29 is 13.5 Å². The molecule has 0 saturated heterocycles. The smallest absolute Gasteiger partial charge is 0.168 e. The third kappa shape index (κ3) is 3.52. The molecule has 2 rings (SSSR count). The van der Waals surface area contributed by atoms with E-state index < -0.39 is 11.6 Å². The predicted octanol–water partition coefficient (Wildman–Crippen LogP) is 4.02. The van der Waals surface area contributed by atoms with Crippen molar-refractivity contribution in [3.63, 3.8) is 0 Å². The first kappa shape index (κ1) is 14.0. The van der Waals surface area contributed by atoms with Crippen molar-refractivity contribution in [1.29, 1.82) is 0 Å². The van der Waals surface area contributed by atoms with Gasteiger partial charge in [0.15, 0.2) is 11.6 Å². The van der Waals surface area contributed by atoms with E-state index in [-0.39, 0.29) is 5.75 Å². The second kappa shape index (κ2) is 6.12. The topological polar surface area (TPSA) is 35.2 Å². The SMILES string of the molecule is NCCc1ccc(Br)cc1Oc1ccc(F)cc1F. The molecule has 0 unspecified atom stereocenters. The molecular formula is C14H12BrF2NO. The third-order valence-electron chi connectivity index (χ3n) is 2.56. The summed E-state index contributed by atoms with van der Waals surface area (Å²) in [5.41, 5.74) is 6.39. The summed E-state index contributed by atoms with van der Waals surface area (Å²) in [6.45, 7) is 0.462. The van der Waals surface area contributed by atoms with Crippen LogP contribution in [0.5, 0.6) is 11.5 Å². The average Bonchev–Trinajstić information content (AvgIpc) is 2.36. The fourth-order valence-electron chi connectivity index (χ4n) is 1.66. The van der Waals surface area contributed by atoms with Crippen LogP contribution in [0, 0.1) is 11.6 Å². The van der Waals surface area contributed by atoms with Crippen molar-refractivity contribution >= 4 is 15.9 Å². The highest BCUT2D eigenvalue weighted by Crippen LogP contribution is 2.30. The van der Waals surface area contributed by atoms with E-state index in [1.807, 2.05) is 12.1 Å². The van der Waals surface area contributed by atoms with Gasteiger partial charge in [-0.15, -0.1) is 0 Å². The fourth-order valence-corrected chi connectivity index (χ4v) is 2.00. The Hall–Kier alpha value is -1.46. The van der Waals surface area contributed by atoms with E-state index in [2.05, 4.69) is 15.9 Å². The van der Waals surface area contributed by atoms with Crippen LogP contribution in [0.25, 0.3) is 0 Å². The number of ether oxygens (including phenoxy) is 1. The normalized spacial score (nSPS) is 10.5. The van der Waals surface area contributed by atoms with Gasteiger partial charge in [-0.05, 0) is 42.8 Å². The van der Waals surface area contributed by atoms with Crippen molar-refractivity contribution in [2.75, 3.05) is 6.54 Å². The van der Waals surface area contributed by atoms with Crippen molar-refractivity contribution in [3.8, 4) is 11.5 Å². The van der Waals surface area contributed by atoms with E-state index in [4.69, 9.17) is 10.5 Å². The molecule has 0 spiro atoms. The minimum absolute atomic E-state index is 0.0160. The molecule has 0 aliphatic rings. The number of halogens is 3. The van der Waals surface area contributed by atoms with Gasteiger partial charge >= 0.3 is 0 Å². The summed E-state index contributed by atoms with van der Waals surface area (Å²) in [5.74, 6) is -0.886. The quantitative estimate of drug-likeness (QED) is 0.920. The standard InChI is InChI=1S/C14H12BrF2NO/c15-10-2-1-9(5-6-18)14(7-10)19-13-4-3-11(16)8-12(13)17/h1-4,7-8H,5-6,18H2. The van der Waals surface area contributed by atoms with Gasteiger partial charge in [0, 0.05) is 10.5 Å². The monoisotopic (exact) mass is 327 g/mol. The van der Waals surface area contributed by atoms with E-state index >= 15 is 0 Å². The Morgan fingerprint density at radius 3 is 2.53 bits per heavy atom. The maximum Gasteiger partial charge on any atom is 0.168 e. The number of hydrogen-bond acceptors (Lipinski definition) is 2. The summed E-state index contributed by atoms with van der Waals surface area (Å²) in [4.78, 5) is 0. The lowest BCUT2D eigenvalue weighted by Crippen LogP contribution is -2.04. The van der Waals surface area contributed by atoms with Crippen molar-refractivity contribution in [3.05, 3.63) is 58.1 Å². The molecule has 0 saturated carbocycles. The van der Waals surface area contributed by atoms with Gasteiger partial charge in [-0.25, -0.2) is 8.78 Å². The Labute approximate surface area is 118 Å². The lowest BCUT2D eigenvalue weighted by molar-refractivity contribution is 0.433. The molecule has 0 fully saturated rings. The molecule has 0 aliphatic heterocycles. The number of nitrogens with two attached hydrogens (primary N) is 1. The summed E-state index contributed by atoms with van der Waals surface area (Å²) < 4.78 is 32.7. The van der Waals surface area contributed by atoms with Crippen molar-refractivity contribution in [2.45, 2.75) is 6.42 Å². The highest BCUT2D eigenvalue weighted by Gasteiger charge is 2.10. The molecule has 2 aromatic rings. The van der Waals surface area contributed by atoms with Crippen molar-refractivity contribution in [1.82, 2.24) is 0 Å². The summed E-state index contributed by atoms with van der Waals surface area (Å²) >= 11 is 3.33. The Balaban J connectivity index is 2.33. The Kier molecular flexibility index (Phi) is 4.50. The minimum atomic E-state index is -0.737. The maximum absolute atomic E-state index is 13.6. The van der Waals surface area contributed by atoms with Gasteiger partial charge in [0.1, 0.15) is 11.6 Å². The molecule has 100 valence electrons. The Morgan fingerprint density at radius 2 is 1.84 bits per heavy atom. The first-order valence-corrected chi connectivity index (χ1v) is 6.51. The molecule has 2 nitrogen and oxygen atoms in total. The van der Waals surface area contributed by atoms with Gasteiger partial charge in [-0.1, -0.05) is 22.0 Å². The van der Waals surface area contributed by atoms with E-state index in [0.29, 0.717) is 18.7 Å². The summed E-state index contributed by atoms with van der Waals surface area (Å²) in [7, 11) is 0. The van der Waals surface area contributed by atoms with Crippen LogP contribution in [0.1, 0.15) is 5.56 Å². The van der Waals surface area contributed by atoms with Gasteiger partial charge < -0.3 is 10.5 Å². The number of hydrogen-bond donors (Lipinski definition) is 1. The first-order valence-electron chi connectivity index (χ1n) is 5.71. The maximum atomic E-state index is 13.6. The fraction of sp³-hybridized carbons (Fsp3) is 0.143. The zero-order chi connectivity index (χ0) is 13.8. The highest BCUT2D eigenvalue weighted by atomic mass is 79.9. The largest absolute Gasteiger partial charge is 0.454 e. The Morgan fingerprint density at radius 1 is 1.05 bits per heavy atom. The van der Waals surface area contributed by atoms with Crippen LogP contribution < -0.4 is 10.5 Å². The molecule has 0 amide bonds. The number of rotatable bonds is 4. The molecule has 0 radical (unpaired) electrons. The summed E-state index contributed by atoms with van der Waals surface area (Å²) in [6.07, 6.45) is 0.616. The first-order chi connectivity index (χ1) is 9.10. The zero-order valence-corrected chi connectivity index (χ0v) is 11.6. The summed E-state index contributed by atoms with van der Waals surface area (Å²) in [5, 5.41) is 0. The van der Waals surface area contributed by atoms with E-state index in [1.165, 1.54) is 6.07 Å². The molecule has 0 aliphatic carbocycles. The van der Waals surface area contributed by atoms with Crippen LogP contribution in [-0.2, 0) is 6.42 Å². The van der Waals surface area contributed by atoms with Crippen LogP contribution in [0.3, 0.4) is 0 Å². The van der Waals surface area contributed by atoms with Gasteiger partial charge in [0.05, 0.1) is 0 Å². The third-order valence-corrected chi connectivity index (χ3v) is 3.05. The second-order valence-electron chi connectivity index (χ2n) is 3.97. The van der Waals surface area contributed by atoms with Crippen molar-refractivity contribution in [2.24, 2.45) is 5.73 Å². The second-order valence-corrected chi connectivity index (χ2v) is 4.88. The molecule has 0 bridgehead atoms. The highest BCUT2D eigenvalue weighted by molar-refractivity contribution is 9.10. The van der Waals surface area contributed by atoms with E-state index in [0.717, 1.165) is 22.2 Å². The van der Waals surface area contributed by atoms with E-state index in [9.17, 15) is 8.78 Å². The zero-order valence-electron chi connectivity index (χ0n) is 10.00. The molecule has 0 aromatic heterocycles. The van der Waals surface area contributed by atoms with Crippen LogP contribution in [0.15, 0.2) is 40.9 Å². The van der Waals surface area contributed by atoms with Crippen LogP contribution in [0.2, 0.25) is 0 Å². The lowest BCUT2D eigenvalue weighted by Gasteiger charge is -2.12. The van der Waals surface area contributed by atoms with Crippen LogP contribution in [-0.4, -0.2) is 6.54 Å².